The van der Waals surface area contributed by atoms with Crippen LogP contribution >= 0.6 is 0 Å². The number of ether oxygens (including phenoxy) is 2. The van der Waals surface area contributed by atoms with Crippen molar-refractivity contribution < 1.29 is 19.1 Å². The van der Waals surface area contributed by atoms with E-state index in [0.717, 1.165) is 49.0 Å². The number of rotatable bonds is 1. The lowest BCUT2D eigenvalue weighted by Crippen LogP contribution is -2.53. The molecule has 3 atom stereocenters. The van der Waals surface area contributed by atoms with Gasteiger partial charge in [0.05, 0.1) is 30.7 Å². The fourth-order valence-electron chi connectivity index (χ4n) is 6.69. The van der Waals surface area contributed by atoms with Gasteiger partial charge in [-0.1, -0.05) is 25.5 Å². The molecule has 5 heterocycles. The van der Waals surface area contributed by atoms with Crippen molar-refractivity contribution in [2.24, 2.45) is 10.7 Å². The summed E-state index contributed by atoms with van der Waals surface area (Å²) in [4.78, 5) is 33.9. The summed E-state index contributed by atoms with van der Waals surface area (Å²) >= 11 is 0. The summed E-state index contributed by atoms with van der Waals surface area (Å²) in [6.07, 6.45) is 6.00. The van der Waals surface area contributed by atoms with Gasteiger partial charge in [-0.3, -0.25) is 14.5 Å². The third kappa shape index (κ3) is 4.74. The second-order valence-corrected chi connectivity index (χ2v) is 12.1. The summed E-state index contributed by atoms with van der Waals surface area (Å²) in [6, 6.07) is 11.3. The summed E-state index contributed by atoms with van der Waals surface area (Å²) in [5.74, 6) is 1.59. The van der Waals surface area contributed by atoms with Gasteiger partial charge in [0, 0.05) is 29.5 Å². The van der Waals surface area contributed by atoms with Gasteiger partial charge in [0.2, 0.25) is 5.91 Å². The van der Waals surface area contributed by atoms with Crippen LogP contribution in [-0.4, -0.2) is 40.4 Å². The Morgan fingerprint density at radius 3 is 2.72 bits per heavy atom. The standard InChI is InChI=1S/C31H38N4O4/c1-4-31-13-6-5-7-19-8-10-26-21(15-19)23(17-30(2,3)39-26)33-28(37)20-9-11-25-22(16-20)24(12-14-38-25)35(27(36)18-31)29(32)34-31/h8-11,15-16,23-24H,4-7,12-14,17-18H2,1-3H3,(H2,32,34)(H,33,37)/t23-,24?,31+/m0/s1. The van der Waals surface area contributed by atoms with Crippen LogP contribution in [0.25, 0.3) is 0 Å². The number of nitrogens with one attached hydrogen (secondary N) is 1. The molecule has 3 N–H and O–H groups in total. The molecule has 7 rings (SSSR count). The molecule has 0 fully saturated rings. The zero-order valence-corrected chi connectivity index (χ0v) is 23.1. The smallest absolute Gasteiger partial charge is 0.251 e. The van der Waals surface area contributed by atoms with Crippen LogP contribution in [0.2, 0.25) is 0 Å². The van der Waals surface area contributed by atoms with E-state index >= 15 is 0 Å². The van der Waals surface area contributed by atoms with Crippen molar-refractivity contribution in [1.29, 1.82) is 0 Å². The highest BCUT2D eigenvalue weighted by atomic mass is 16.5. The topological polar surface area (TPSA) is 106 Å². The number of hydrogen-bond donors (Lipinski definition) is 2. The Labute approximate surface area is 229 Å². The van der Waals surface area contributed by atoms with Crippen molar-refractivity contribution in [3.63, 3.8) is 0 Å². The summed E-state index contributed by atoms with van der Waals surface area (Å²) in [5.41, 5.74) is 9.22. The number of guanidine groups is 1. The maximum Gasteiger partial charge on any atom is 0.251 e. The maximum atomic E-state index is 13.7. The predicted molar refractivity (Wildman–Crippen MR) is 149 cm³/mol. The van der Waals surface area contributed by atoms with E-state index in [9.17, 15) is 9.59 Å². The molecule has 0 saturated heterocycles. The van der Waals surface area contributed by atoms with Gasteiger partial charge in [0.25, 0.3) is 5.91 Å². The molecule has 206 valence electrons. The average molecular weight is 531 g/mol. The molecule has 1 unspecified atom stereocenters. The monoisotopic (exact) mass is 530 g/mol. The molecule has 2 aromatic rings. The minimum Gasteiger partial charge on any atom is -0.493 e. The van der Waals surface area contributed by atoms with Gasteiger partial charge < -0.3 is 20.5 Å². The van der Waals surface area contributed by atoms with Gasteiger partial charge in [-0.05, 0) is 69.4 Å². The number of fused-ring (bicyclic) bond motifs is 5. The van der Waals surface area contributed by atoms with Crippen molar-refractivity contribution in [2.75, 3.05) is 6.61 Å². The van der Waals surface area contributed by atoms with Gasteiger partial charge in [0.1, 0.15) is 17.1 Å². The van der Waals surface area contributed by atoms with Crippen LogP contribution in [0, 0.1) is 0 Å². The number of amides is 2. The van der Waals surface area contributed by atoms with Crippen molar-refractivity contribution in [1.82, 2.24) is 10.2 Å². The molecule has 6 bridgehead atoms. The van der Waals surface area contributed by atoms with E-state index in [4.69, 9.17) is 20.2 Å². The fourth-order valence-corrected chi connectivity index (χ4v) is 6.69. The minimum absolute atomic E-state index is 0.0113. The lowest BCUT2D eigenvalue weighted by molar-refractivity contribution is -0.132. The Balaban J connectivity index is 1.44. The van der Waals surface area contributed by atoms with Crippen molar-refractivity contribution >= 4 is 17.8 Å². The predicted octanol–water partition coefficient (Wildman–Crippen LogP) is 4.96. The molecule has 0 spiro atoms. The Kier molecular flexibility index (Phi) is 6.31. The van der Waals surface area contributed by atoms with Gasteiger partial charge in [-0.15, -0.1) is 0 Å². The van der Waals surface area contributed by atoms with Crippen LogP contribution in [0.3, 0.4) is 0 Å². The second-order valence-electron chi connectivity index (χ2n) is 12.1. The molecule has 8 heteroatoms. The van der Waals surface area contributed by atoms with Crippen molar-refractivity contribution in [3.05, 3.63) is 58.7 Å². The third-order valence-electron chi connectivity index (χ3n) is 8.79. The van der Waals surface area contributed by atoms with Gasteiger partial charge in [-0.25, -0.2) is 4.99 Å². The highest BCUT2D eigenvalue weighted by molar-refractivity contribution is 6.00. The molecule has 0 radical (unpaired) electrons. The zero-order valence-electron chi connectivity index (χ0n) is 23.1. The summed E-state index contributed by atoms with van der Waals surface area (Å²) in [7, 11) is 0. The normalized spacial score (nSPS) is 27.9. The Morgan fingerprint density at radius 1 is 1.10 bits per heavy atom. The molecule has 5 aliphatic heterocycles. The Hall–Kier alpha value is -3.55. The number of aryl methyl sites for hydroxylation is 1. The highest BCUT2D eigenvalue weighted by Crippen LogP contribution is 2.43. The third-order valence-corrected chi connectivity index (χ3v) is 8.79. The number of nitrogens with two attached hydrogens (primary N) is 1. The quantitative estimate of drug-likeness (QED) is 0.542. The molecule has 0 aromatic heterocycles. The summed E-state index contributed by atoms with van der Waals surface area (Å²) < 4.78 is 12.2. The van der Waals surface area contributed by atoms with E-state index in [1.807, 2.05) is 18.2 Å². The summed E-state index contributed by atoms with van der Waals surface area (Å²) in [6.45, 7) is 6.66. The first-order valence-electron chi connectivity index (χ1n) is 14.2. The van der Waals surface area contributed by atoms with E-state index < -0.39 is 11.1 Å². The summed E-state index contributed by atoms with van der Waals surface area (Å²) in [5, 5.41) is 3.28. The minimum atomic E-state index is -0.473. The number of hydrogen-bond acceptors (Lipinski definition) is 6. The van der Waals surface area contributed by atoms with Crippen LogP contribution in [0.1, 0.15) is 105 Å². The molecule has 39 heavy (non-hydrogen) atoms. The van der Waals surface area contributed by atoms with Gasteiger partial charge in [0.15, 0.2) is 5.96 Å². The number of benzene rings is 2. The fraction of sp³-hybridized carbons (Fsp3) is 0.516. The molecular weight excluding hydrogens is 492 g/mol. The average Bonchev–Trinajstić information content (AvgIpc) is 2.90. The largest absolute Gasteiger partial charge is 0.493 e. The van der Waals surface area contributed by atoms with Gasteiger partial charge in [-0.2, -0.15) is 0 Å². The zero-order chi connectivity index (χ0) is 27.4. The van der Waals surface area contributed by atoms with Crippen LogP contribution in [-0.2, 0) is 11.2 Å². The SMILES string of the molecule is CC[C@@]12CCCCc3ccc4c(c3)[C@H](CC(C)(C)O4)NC(=O)c3ccc4c(c3)C(CCO4)N(C(=O)C1)C(N)=N2. The van der Waals surface area contributed by atoms with E-state index in [0.29, 0.717) is 37.2 Å². The van der Waals surface area contributed by atoms with E-state index in [1.54, 1.807) is 11.0 Å². The van der Waals surface area contributed by atoms with Crippen molar-refractivity contribution in [3.8, 4) is 11.5 Å². The van der Waals surface area contributed by atoms with E-state index in [2.05, 4.69) is 38.2 Å². The van der Waals surface area contributed by atoms with Crippen LogP contribution in [0.15, 0.2) is 41.4 Å². The van der Waals surface area contributed by atoms with Gasteiger partial charge >= 0.3 is 0 Å². The number of nitrogens with zero attached hydrogens (tertiary/aromatic N) is 2. The molecule has 5 aliphatic rings. The lowest BCUT2D eigenvalue weighted by atomic mass is 9.83. The number of carbonyl (C=O) groups is 2. The Morgan fingerprint density at radius 2 is 1.92 bits per heavy atom. The number of carbonyl (C=O) groups excluding carboxylic acids is 2. The first-order chi connectivity index (χ1) is 18.7. The van der Waals surface area contributed by atoms with Crippen LogP contribution < -0.4 is 20.5 Å². The number of aliphatic imine (C=N–C) groups is 1. The lowest BCUT2D eigenvalue weighted by Gasteiger charge is -2.42. The van der Waals surface area contributed by atoms with E-state index in [-0.39, 0.29) is 29.9 Å². The molecule has 0 aliphatic carbocycles. The molecule has 8 nitrogen and oxygen atoms in total. The maximum absolute atomic E-state index is 13.7. The van der Waals surface area contributed by atoms with Crippen LogP contribution in [0.5, 0.6) is 11.5 Å². The molecular formula is C31H38N4O4. The molecule has 2 amide bonds. The van der Waals surface area contributed by atoms with E-state index in [1.165, 1.54) is 5.56 Å². The second kappa shape index (κ2) is 9.57. The van der Waals surface area contributed by atoms with Crippen molar-refractivity contribution in [2.45, 2.75) is 95.4 Å². The molecule has 0 saturated carbocycles. The first-order valence-corrected chi connectivity index (χ1v) is 14.2. The van der Waals surface area contributed by atoms with Crippen LogP contribution in [0.4, 0.5) is 0 Å². The Bertz CT molecular complexity index is 1350. The highest BCUT2D eigenvalue weighted by Gasteiger charge is 2.42. The first kappa shape index (κ1) is 25.7. The molecule has 2 aromatic carbocycles.